The first-order chi connectivity index (χ1) is 10.6. The average molecular weight is 303 g/mol. The van der Waals surface area contributed by atoms with Gasteiger partial charge in [-0.15, -0.1) is 0 Å². The van der Waals surface area contributed by atoms with Crippen molar-refractivity contribution in [2.45, 2.75) is 6.54 Å². The quantitative estimate of drug-likeness (QED) is 0.610. The van der Waals surface area contributed by atoms with Gasteiger partial charge < -0.3 is 10.4 Å². The van der Waals surface area contributed by atoms with E-state index in [1.54, 1.807) is 29.1 Å². The molecule has 0 spiro atoms. The summed E-state index contributed by atoms with van der Waals surface area (Å²) in [7, 11) is 0. The molecule has 2 rings (SSSR count). The number of rotatable bonds is 6. The summed E-state index contributed by atoms with van der Waals surface area (Å²) < 4.78 is 14.4. The zero-order chi connectivity index (χ0) is 15.9. The summed E-state index contributed by atoms with van der Waals surface area (Å²) in [5, 5.41) is 11.2. The van der Waals surface area contributed by atoms with Gasteiger partial charge in [0.2, 0.25) is 12.3 Å². The van der Waals surface area contributed by atoms with E-state index in [1.165, 1.54) is 24.3 Å². The molecule has 1 aromatic carbocycles. The molecule has 0 unspecified atom stereocenters. The molecule has 0 saturated heterocycles. The van der Waals surface area contributed by atoms with Crippen molar-refractivity contribution in [3.63, 3.8) is 0 Å². The van der Waals surface area contributed by atoms with E-state index in [9.17, 15) is 14.0 Å². The van der Waals surface area contributed by atoms with Crippen molar-refractivity contribution < 1.29 is 23.7 Å². The topological polar surface area (TPSA) is 70.3 Å². The smallest absolute Gasteiger partial charge is 0.251 e. The number of ketones is 1. The second-order valence-corrected chi connectivity index (χ2v) is 4.67. The van der Waals surface area contributed by atoms with Crippen molar-refractivity contribution in [2.75, 3.05) is 13.2 Å². The predicted molar refractivity (Wildman–Crippen MR) is 76.8 cm³/mol. The normalized spacial score (nSPS) is 10.3. The number of pyridine rings is 1. The number of halogens is 1. The molecule has 0 fully saturated rings. The van der Waals surface area contributed by atoms with Crippen LogP contribution in [-0.2, 0) is 6.54 Å². The van der Waals surface area contributed by atoms with Gasteiger partial charge >= 0.3 is 0 Å². The lowest BCUT2D eigenvalue weighted by Crippen LogP contribution is -2.37. The van der Waals surface area contributed by atoms with Crippen molar-refractivity contribution in [3.05, 3.63) is 65.7 Å². The molecular formula is C16H16FN2O3+. The Morgan fingerprint density at radius 2 is 1.68 bits per heavy atom. The second kappa shape index (κ2) is 7.42. The lowest BCUT2D eigenvalue weighted by molar-refractivity contribution is -0.683. The number of aliphatic hydroxyl groups excluding tert-OH is 1. The highest BCUT2D eigenvalue weighted by Gasteiger charge is 2.13. The molecule has 2 aromatic rings. The van der Waals surface area contributed by atoms with E-state index in [1.807, 2.05) is 0 Å². The van der Waals surface area contributed by atoms with Gasteiger partial charge in [-0.1, -0.05) is 0 Å². The third-order valence-electron chi connectivity index (χ3n) is 3.04. The SMILES string of the molecule is O=C(C[n+]1ccc(C(=O)NCCO)cc1)c1ccc(F)cc1. The molecule has 22 heavy (non-hydrogen) atoms. The molecule has 1 aromatic heterocycles. The van der Waals surface area contributed by atoms with E-state index >= 15 is 0 Å². The van der Waals surface area contributed by atoms with E-state index in [2.05, 4.69) is 5.32 Å². The van der Waals surface area contributed by atoms with Crippen LogP contribution in [0.2, 0.25) is 0 Å². The van der Waals surface area contributed by atoms with E-state index in [0.717, 1.165) is 0 Å². The molecular weight excluding hydrogens is 287 g/mol. The van der Waals surface area contributed by atoms with Crippen LogP contribution in [0, 0.1) is 5.82 Å². The summed E-state index contributed by atoms with van der Waals surface area (Å²) in [5.41, 5.74) is 0.873. The third kappa shape index (κ3) is 4.20. The highest BCUT2D eigenvalue weighted by Crippen LogP contribution is 2.04. The maximum absolute atomic E-state index is 12.8. The summed E-state index contributed by atoms with van der Waals surface area (Å²) in [6, 6.07) is 8.54. The highest BCUT2D eigenvalue weighted by molar-refractivity contribution is 5.95. The van der Waals surface area contributed by atoms with E-state index in [-0.39, 0.29) is 37.2 Å². The summed E-state index contributed by atoms with van der Waals surface area (Å²) in [6.07, 6.45) is 3.24. The van der Waals surface area contributed by atoms with Crippen LogP contribution < -0.4 is 9.88 Å². The lowest BCUT2D eigenvalue weighted by atomic mass is 10.1. The second-order valence-electron chi connectivity index (χ2n) is 4.67. The van der Waals surface area contributed by atoms with Crippen molar-refractivity contribution in [3.8, 4) is 0 Å². The average Bonchev–Trinajstić information content (AvgIpc) is 2.54. The van der Waals surface area contributed by atoms with Crippen LogP contribution in [-0.4, -0.2) is 29.9 Å². The van der Waals surface area contributed by atoms with Crippen molar-refractivity contribution in [1.82, 2.24) is 5.32 Å². The molecule has 5 nitrogen and oxygen atoms in total. The summed E-state index contributed by atoms with van der Waals surface area (Å²) in [6.45, 7) is 0.172. The van der Waals surface area contributed by atoms with Gasteiger partial charge in [0.05, 0.1) is 12.2 Å². The Labute approximate surface area is 127 Å². The number of carbonyl (C=O) groups excluding carboxylic acids is 2. The number of carbonyl (C=O) groups is 2. The predicted octanol–water partition coefficient (Wildman–Crippen LogP) is 0.718. The molecule has 0 aliphatic carbocycles. The molecule has 0 saturated carbocycles. The van der Waals surface area contributed by atoms with E-state index < -0.39 is 0 Å². The first-order valence-corrected chi connectivity index (χ1v) is 6.77. The first kappa shape index (κ1) is 15.8. The van der Waals surface area contributed by atoms with Gasteiger partial charge in [0.25, 0.3) is 5.91 Å². The highest BCUT2D eigenvalue weighted by atomic mass is 19.1. The van der Waals surface area contributed by atoms with Crippen LogP contribution in [0.5, 0.6) is 0 Å². The number of Topliss-reactive ketones (excluding diaryl/α,β-unsaturated/α-hetero) is 1. The van der Waals surface area contributed by atoms with Crippen LogP contribution >= 0.6 is 0 Å². The number of amides is 1. The van der Waals surface area contributed by atoms with E-state index in [4.69, 9.17) is 5.11 Å². The number of benzene rings is 1. The Bertz CT molecular complexity index is 654. The fourth-order valence-electron chi connectivity index (χ4n) is 1.88. The number of aliphatic hydroxyl groups is 1. The Balaban J connectivity index is 2.00. The van der Waals surface area contributed by atoms with Crippen molar-refractivity contribution >= 4 is 11.7 Å². The zero-order valence-electron chi connectivity index (χ0n) is 11.8. The molecule has 6 heteroatoms. The maximum Gasteiger partial charge on any atom is 0.251 e. The molecule has 0 aliphatic heterocycles. The minimum atomic E-state index is -0.387. The van der Waals surface area contributed by atoms with Gasteiger partial charge in [-0.25, -0.2) is 4.39 Å². The molecule has 1 amide bonds. The summed E-state index contributed by atoms with van der Waals surface area (Å²) in [5.74, 6) is -0.823. The van der Waals surface area contributed by atoms with Crippen molar-refractivity contribution in [2.24, 2.45) is 0 Å². The van der Waals surface area contributed by atoms with Crippen molar-refractivity contribution in [1.29, 1.82) is 0 Å². The van der Waals surface area contributed by atoms with Crippen LogP contribution in [0.15, 0.2) is 48.8 Å². The number of hydrogen-bond acceptors (Lipinski definition) is 3. The van der Waals surface area contributed by atoms with Crippen LogP contribution in [0.4, 0.5) is 4.39 Å². The molecule has 114 valence electrons. The number of aromatic nitrogens is 1. The monoisotopic (exact) mass is 303 g/mol. The van der Waals surface area contributed by atoms with Gasteiger partial charge in [-0.3, -0.25) is 9.59 Å². The van der Waals surface area contributed by atoms with Crippen LogP contribution in [0.3, 0.4) is 0 Å². The number of nitrogens with one attached hydrogen (secondary N) is 1. The first-order valence-electron chi connectivity index (χ1n) is 6.77. The van der Waals surface area contributed by atoms with Gasteiger partial charge in [0, 0.05) is 24.2 Å². The number of nitrogens with zero attached hydrogens (tertiary/aromatic N) is 1. The van der Waals surface area contributed by atoms with E-state index in [0.29, 0.717) is 11.1 Å². The minimum absolute atomic E-state index is 0.101. The summed E-state index contributed by atoms with van der Waals surface area (Å²) in [4.78, 5) is 23.7. The van der Waals surface area contributed by atoms with Gasteiger partial charge in [-0.05, 0) is 24.3 Å². The molecule has 0 radical (unpaired) electrons. The Morgan fingerprint density at radius 3 is 2.27 bits per heavy atom. The Morgan fingerprint density at radius 1 is 1.05 bits per heavy atom. The summed E-state index contributed by atoms with van der Waals surface area (Å²) >= 11 is 0. The van der Waals surface area contributed by atoms with Gasteiger partial charge in [-0.2, -0.15) is 4.57 Å². The van der Waals surface area contributed by atoms with Gasteiger partial charge in [0.1, 0.15) is 5.82 Å². The fourth-order valence-corrected chi connectivity index (χ4v) is 1.88. The largest absolute Gasteiger partial charge is 0.395 e. The van der Waals surface area contributed by atoms with Gasteiger partial charge in [0.15, 0.2) is 12.4 Å². The maximum atomic E-state index is 12.8. The zero-order valence-corrected chi connectivity index (χ0v) is 11.8. The fraction of sp³-hybridized carbons (Fsp3) is 0.188. The Kier molecular flexibility index (Phi) is 5.32. The lowest BCUT2D eigenvalue weighted by Gasteiger charge is -2.02. The van der Waals surface area contributed by atoms with Crippen LogP contribution in [0.1, 0.15) is 20.7 Å². The minimum Gasteiger partial charge on any atom is -0.395 e. The number of hydrogen-bond donors (Lipinski definition) is 2. The molecule has 0 atom stereocenters. The van der Waals surface area contributed by atoms with Crippen LogP contribution in [0.25, 0.3) is 0 Å². The molecule has 2 N–H and O–H groups in total. The Hall–Kier alpha value is -2.60. The molecule has 0 aliphatic rings. The molecule has 0 bridgehead atoms. The third-order valence-corrected chi connectivity index (χ3v) is 3.04. The standard InChI is InChI=1S/C16H15FN2O3/c17-14-3-1-12(2-4-14)15(21)11-19-8-5-13(6-9-19)16(22)18-7-10-20/h1-6,8-9,20H,7,10-11H2/p+1. The molecule has 1 heterocycles.